The van der Waals surface area contributed by atoms with Crippen LogP contribution in [0.4, 0.5) is 5.69 Å². The van der Waals surface area contributed by atoms with Gasteiger partial charge < -0.3 is 15.4 Å². The van der Waals surface area contributed by atoms with E-state index in [0.717, 1.165) is 48.0 Å². The number of nitrogens with one attached hydrogen (secondary N) is 2. The van der Waals surface area contributed by atoms with Crippen LogP contribution in [0.25, 0.3) is 10.9 Å². The van der Waals surface area contributed by atoms with Gasteiger partial charge in [-0.3, -0.25) is 9.78 Å². The number of anilines is 1. The summed E-state index contributed by atoms with van der Waals surface area (Å²) >= 11 is 6.08. The second-order valence-corrected chi connectivity index (χ2v) is 8.32. The minimum atomic E-state index is -0.0657. The van der Waals surface area contributed by atoms with Crippen LogP contribution in [0.2, 0.25) is 5.02 Å². The number of carbonyl (C=O) groups excluding carboxylic acids is 1. The highest BCUT2D eigenvalue weighted by Crippen LogP contribution is 2.28. The highest BCUT2D eigenvalue weighted by Gasteiger charge is 2.23. The summed E-state index contributed by atoms with van der Waals surface area (Å²) in [5.41, 5.74) is 3.14. The van der Waals surface area contributed by atoms with Crippen LogP contribution in [0.3, 0.4) is 0 Å². The predicted octanol–water partition coefficient (Wildman–Crippen LogP) is 5.11. The molecular weight excluding hydrogens is 398 g/mol. The summed E-state index contributed by atoms with van der Waals surface area (Å²) in [6, 6.07) is 16.1. The Kier molecular flexibility index (Phi) is 6.38. The van der Waals surface area contributed by atoms with Crippen molar-refractivity contribution >= 4 is 34.1 Å². The SMILES string of the molecule is Cc1ccc(OCC(=O)NC2CCC(Nc3ccnc4cc(Cl)ccc34)CC2)cc1. The van der Waals surface area contributed by atoms with E-state index in [1.165, 1.54) is 5.56 Å². The van der Waals surface area contributed by atoms with Crippen LogP contribution in [0.5, 0.6) is 5.75 Å². The molecule has 1 amide bonds. The fraction of sp³-hybridized carbons (Fsp3) is 0.333. The van der Waals surface area contributed by atoms with Crippen LogP contribution in [-0.4, -0.2) is 29.6 Å². The summed E-state index contributed by atoms with van der Waals surface area (Å²) in [6.07, 6.45) is 5.70. The molecule has 2 N–H and O–H groups in total. The minimum absolute atomic E-state index is 0.0484. The Morgan fingerprint density at radius 1 is 1.07 bits per heavy atom. The number of nitrogens with zero attached hydrogens (tertiary/aromatic N) is 1. The first-order valence-corrected chi connectivity index (χ1v) is 10.7. The zero-order valence-electron chi connectivity index (χ0n) is 17.0. The van der Waals surface area contributed by atoms with Gasteiger partial charge in [0.25, 0.3) is 5.91 Å². The van der Waals surface area contributed by atoms with Crippen LogP contribution in [0.1, 0.15) is 31.2 Å². The largest absolute Gasteiger partial charge is 0.484 e. The summed E-state index contributed by atoms with van der Waals surface area (Å²) in [5.74, 6) is 0.651. The molecule has 1 fully saturated rings. The van der Waals surface area contributed by atoms with Crippen LogP contribution >= 0.6 is 11.6 Å². The minimum Gasteiger partial charge on any atom is -0.484 e. The van der Waals surface area contributed by atoms with Gasteiger partial charge in [0.15, 0.2) is 6.61 Å². The maximum absolute atomic E-state index is 12.2. The highest BCUT2D eigenvalue weighted by atomic mass is 35.5. The molecule has 0 aliphatic heterocycles. The van der Waals surface area contributed by atoms with E-state index in [4.69, 9.17) is 16.3 Å². The van der Waals surface area contributed by atoms with Crippen molar-refractivity contribution in [3.05, 3.63) is 65.3 Å². The van der Waals surface area contributed by atoms with E-state index in [1.54, 1.807) is 6.20 Å². The lowest BCUT2D eigenvalue weighted by Gasteiger charge is -2.30. The van der Waals surface area contributed by atoms with Gasteiger partial charge in [-0.25, -0.2) is 0 Å². The monoisotopic (exact) mass is 423 g/mol. The highest BCUT2D eigenvalue weighted by molar-refractivity contribution is 6.31. The summed E-state index contributed by atoms with van der Waals surface area (Å²) in [4.78, 5) is 16.6. The third kappa shape index (κ3) is 5.22. The fourth-order valence-corrected chi connectivity index (χ4v) is 4.07. The Bertz CT molecular complexity index is 1010. The standard InChI is InChI=1S/C24H26ClN3O2/c1-16-2-9-20(10-3-16)30-15-24(29)28-19-7-5-18(6-8-19)27-22-12-13-26-23-14-17(25)4-11-21(22)23/h2-4,9-14,18-19H,5-8,15H2,1H3,(H,26,27)(H,28,29). The molecule has 4 rings (SSSR count). The van der Waals surface area contributed by atoms with E-state index in [0.29, 0.717) is 11.1 Å². The first-order valence-electron chi connectivity index (χ1n) is 10.4. The van der Waals surface area contributed by atoms with Crippen molar-refractivity contribution in [3.63, 3.8) is 0 Å². The first-order chi connectivity index (χ1) is 14.6. The van der Waals surface area contributed by atoms with Gasteiger partial charge in [-0.05, 0) is 69.0 Å². The number of carbonyl (C=O) groups is 1. The average Bonchev–Trinajstić information content (AvgIpc) is 2.75. The van der Waals surface area contributed by atoms with Gasteiger partial charge in [0.05, 0.1) is 5.52 Å². The van der Waals surface area contributed by atoms with E-state index >= 15 is 0 Å². The van der Waals surface area contributed by atoms with Crippen molar-refractivity contribution in [1.82, 2.24) is 10.3 Å². The number of aromatic nitrogens is 1. The van der Waals surface area contributed by atoms with E-state index < -0.39 is 0 Å². The van der Waals surface area contributed by atoms with E-state index in [-0.39, 0.29) is 18.6 Å². The topological polar surface area (TPSA) is 63.2 Å². The molecule has 30 heavy (non-hydrogen) atoms. The fourth-order valence-electron chi connectivity index (χ4n) is 3.90. The molecule has 1 aliphatic rings. The number of ether oxygens (including phenoxy) is 1. The normalized spacial score (nSPS) is 18.7. The van der Waals surface area contributed by atoms with Gasteiger partial charge in [-0.1, -0.05) is 29.3 Å². The molecule has 6 heteroatoms. The maximum Gasteiger partial charge on any atom is 0.258 e. The molecule has 5 nitrogen and oxygen atoms in total. The molecule has 2 aromatic carbocycles. The molecule has 1 heterocycles. The van der Waals surface area contributed by atoms with Gasteiger partial charge in [0.1, 0.15) is 5.75 Å². The lowest BCUT2D eigenvalue weighted by molar-refractivity contribution is -0.124. The van der Waals surface area contributed by atoms with Crippen molar-refractivity contribution in [1.29, 1.82) is 0 Å². The molecule has 0 atom stereocenters. The van der Waals surface area contributed by atoms with Crippen molar-refractivity contribution in [2.24, 2.45) is 0 Å². The zero-order chi connectivity index (χ0) is 20.9. The van der Waals surface area contributed by atoms with Gasteiger partial charge in [-0.2, -0.15) is 0 Å². The molecule has 0 radical (unpaired) electrons. The first kappa shape index (κ1) is 20.5. The van der Waals surface area contributed by atoms with E-state index in [1.807, 2.05) is 55.5 Å². The Labute approximate surface area is 181 Å². The molecular formula is C24H26ClN3O2. The Morgan fingerprint density at radius 2 is 1.80 bits per heavy atom. The molecule has 0 unspecified atom stereocenters. The Morgan fingerprint density at radius 3 is 2.57 bits per heavy atom. The maximum atomic E-state index is 12.2. The summed E-state index contributed by atoms with van der Waals surface area (Å²) in [6.45, 7) is 2.07. The number of hydrogen-bond acceptors (Lipinski definition) is 4. The number of pyridine rings is 1. The summed E-state index contributed by atoms with van der Waals surface area (Å²) in [5, 5.41) is 8.52. The smallest absolute Gasteiger partial charge is 0.258 e. The van der Waals surface area contributed by atoms with Crippen LogP contribution in [-0.2, 0) is 4.79 Å². The quantitative estimate of drug-likeness (QED) is 0.578. The lowest BCUT2D eigenvalue weighted by atomic mass is 9.91. The van der Waals surface area contributed by atoms with E-state index in [2.05, 4.69) is 15.6 Å². The van der Waals surface area contributed by atoms with Gasteiger partial charge in [0.2, 0.25) is 0 Å². The van der Waals surface area contributed by atoms with Crippen LogP contribution < -0.4 is 15.4 Å². The molecule has 3 aromatic rings. The van der Waals surface area contributed by atoms with Crippen LogP contribution in [0, 0.1) is 6.92 Å². The van der Waals surface area contributed by atoms with Crippen molar-refractivity contribution in [2.45, 2.75) is 44.7 Å². The molecule has 0 bridgehead atoms. The Hall–Kier alpha value is -2.79. The zero-order valence-corrected chi connectivity index (χ0v) is 17.8. The third-order valence-electron chi connectivity index (χ3n) is 5.55. The van der Waals surface area contributed by atoms with Crippen LogP contribution in [0.15, 0.2) is 54.7 Å². The number of hydrogen-bond donors (Lipinski definition) is 2. The third-order valence-corrected chi connectivity index (χ3v) is 5.78. The van der Waals surface area contributed by atoms with E-state index in [9.17, 15) is 4.79 Å². The van der Waals surface area contributed by atoms with Crippen molar-refractivity contribution < 1.29 is 9.53 Å². The van der Waals surface area contributed by atoms with Gasteiger partial charge in [-0.15, -0.1) is 0 Å². The number of halogens is 1. The number of benzene rings is 2. The average molecular weight is 424 g/mol. The summed E-state index contributed by atoms with van der Waals surface area (Å²) < 4.78 is 5.57. The van der Waals surface area contributed by atoms with Gasteiger partial charge >= 0.3 is 0 Å². The molecule has 0 saturated heterocycles. The molecule has 156 valence electrons. The lowest BCUT2D eigenvalue weighted by Crippen LogP contribution is -2.42. The Balaban J connectivity index is 1.25. The number of amides is 1. The number of rotatable bonds is 6. The van der Waals surface area contributed by atoms with Crippen molar-refractivity contribution in [2.75, 3.05) is 11.9 Å². The molecule has 1 aromatic heterocycles. The number of fused-ring (bicyclic) bond motifs is 1. The molecule has 0 spiro atoms. The molecule has 1 saturated carbocycles. The second-order valence-electron chi connectivity index (χ2n) is 7.88. The second kappa shape index (κ2) is 9.35. The summed E-state index contributed by atoms with van der Waals surface area (Å²) in [7, 11) is 0. The van der Waals surface area contributed by atoms with Gasteiger partial charge in [0, 0.05) is 34.4 Å². The van der Waals surface area contributed by atoms with Crippen molar-refractivity contribution in [3.8, 4) is 5.75 Å². The predicted molar refractivity (Wildman–Crippen MR) is 121 cm³/mol. The molecule has 1 aliphatic carbocycles. The number of aryl methyl sites for hydroxylation is 1.